The molecule has 4 N–H and O–H groups in total. The van der Waals surface area contributed by atoms with Gasteiger partial charge in [-0.2, -0.15) is 0 Å². The van der Waals surface area contributed by atoms with E-state index in [0.717, 1.165) is 10.8 Å². The minimum atomic E-state index is -3.97. The van der Waals surface area contributed by atoms with Crippen molar-refractivity contribution in [1.29, 1.82) is 0 Å². The van der Waals surface area contributed by atoms with Crippen LogP contribution in [0.1, 0.15) is 20.8 Å². The fraction of sp³-hybridized carbons (Fsp3) is 0. The molecule has 11 nitrogen and oxygen atoms in total. The number of imidazole rings is 2. The number of nitrogens with zero attached hydrogens (tertiary/aromatic N) is 3. The largest absolute Gasteiger partial charge is 0.331 e. The standard InChI is InChI=1S/C27H19N7O4S/c35-24(33-26-28-10-11-29-26)20-13-19(39(37,38)18-8-2-1-3-9-18)14-21-23(20)32-27(31-21)34-25(36)22-12-16-6-4-5-7-17(16)15-30-22/h1-15H,(H2,28,29,33,35)(H2,31,32,34,36). The Labute approximate surface area is 221 Å². The summed E-state index contributed by atoms with van der Waals surface area (Å²) in [5.41, 5.74) is 0.530. The van der Waals surface area contributed by atoms with Gasteiger partial charge in [-0.15, -0.1) is 0 Å². The lowest BCUT2D eigenvalue weighted by molar-refractivity contribution is 0.101. The molecule has 0 bridgehead atoms. The summed E-state index contributed by atoms with van der Waals surface area (Å²) in [5.74, 6) is -0.971. The van der Waals surface area contributed by atoms with E-state index in [4.69, 9.17) is 0 Å². The van der Waals surface area contributed by atoms with Crippen LogP contribution >= 0.6 is 0 Å². The zero-order valence-corrected chi connectivity index (χ0v) is 20.9. The van der Waals surface area contributed by atoms with Crippen LogP contribution in [0.5, 0.6) is 0 Å². The van der Waals surface area contributed by atoms with E-state index in [0.29, 0.717) is 0 Å². The summed E-state index contributed by atoms with van der Waals surface area (Å²) < 4.78 is 26.8. The molecule has 6 rings (SSSR count). The second-order valence-corrected chi connectivity index (χ2v) is 10.5. The number of hydrogen-bond donors (Lipinski definition) is 4. The van der Waals surface area contributed by atoms with Crippen molar-refractivity contribution in [2.24, 2.45) is 0 Å². The van der Waals surface area contributed by atoms with Gasteiger partial charge in [0.05, 0.1) is 20.9 Å². The third kappa shape index (κ3) is 4.60. The maximum atomic E-state index is 13.4. The SMILES string of the molecule is O=C(Nc1nc2c(C(=O)Nc3ncc[nH]3)cc(S(=O)(=O)c3ccccc3)cc2[nH]1)c1cc2ccccc2cn1. The number of fused-ring (bicyclic) bond motifs is 2. The highest BCUT2D eigenvalue weighted by atomic mass is 32.2. The predicted octanol–water partition coefficient (Wildman–Crippen LogP) is 4.17. The molecule has 3 aromatic carbocycles. The highest BCUT2D eigenvalue weighted by Crippen LogP contribution is 2.28. The second kappa shape index (κ2) is 9.50. The number of pyridine rings is 1. The summed E-state index contributed by atoms with van der Waals surface area (Å²) in [6, 6.07) is 19.6. The number of rotatable bonds is 6. The number of aromatic nitrogens is 5. The van der Waals surface area contributed by atoms with Gasteiger partial charge in [-0.1, -0.05) is 42.5 Å². The lowest BCUT2D eigenvalue weighted by Gasteiger charge is -2.08. The molecule has 192 valence electrons. The number of H-pyrrole nitrogens is 2. The van der Waals surface area contributed by atoms with Crippen LogP contribution in [0.3, 0.4) is 0 Å². The van der Waals surface area contributed by atoms with E-state index in [-0.39, 0.29) is 44.0 Å². The molecule has 6 aromatic rings. The van der Waals surface area contributed by atoms with Crippen LogP contribution in [-0.4, -0.2) is 45.2 Å². The quantitative estimate of drug-likeness (QED) is 0.248. The van der Waals surface area contributed by atoms with E-state index >= 15 is 0 Å². The van der Waals surface area contributed by atoms with E-state index in [1.807, 2.05) is 24.3 Å². The van der Waals surface area contributed by atoms with Gasteiger partial charge >= 0.3 is 0 Å². The average Bonchev–Trinajstić information content (AvgIpc) is 3.62. The Bertz CT molecular complexity index is 1970. The van der Waals surface area contributed by atoms with Gasteiger partial charge in [0, 0.05) is 24.0 Å². The Hall–Kier alpha value is -5.36. The number of amides is 2. The smallest absolute Gasteiger partial charge is 0.276 e. The summed E-state index contributed by atoms with van der Waals surface area (Å²) in [6.07, 6.45) is 4.59. The van der Waals surface area contributed by atoms with Crippen molar-refractivity contribution in [3.8, 4) is 0 Å². The first kappa shape index (κ1) is 24.0. The molecule has 0 aliphatic rings. The number of sulfone groups is 1. The Morgan fingerprint density at radius 3 is 2.28 bits per heavy atom. The zero-order valence-electron chi connectivity index (χ0n) is 20.0. The summed E-state index contributed by atoms with van der Waals surface area (Å²) in [4.78, 5) is 44.4. The Morgan fingerprint density at radius 2 is 1.51 bits per heavy atom. The number of hydrogen-bond acceptors (Lipinski definition) is 7. The van der Waals surface area contributed by atoms with Gasteiger partial charge in [-0.25, -0.2) is 18.4 Å². The molecule has 2 amide bonds. The Balaban J connectivity index is 1.41. The van der Waals surface area contributed by atoms with Crippen LogP contribution in [0.2, 0.25) is 0 Å². The molecule has 3 aromatic heterocycles. The molecule has 0 radical (unpaired) electrons. The first-order valence-electron chi connectivity index (χ1n) is 11.7. The molecule has 39 heavy (non-hydrogen) atoms. The van der Waals surface area contributed by atoms with Gasteiger partial charge < -0.3 is 9.97 Å². The number of carbonyl (C=O) groups excluding carboxylic acids is 2. The summed E-state index contributed by atoms with van der Waals surface area (Å²) in [6.45, 7) is 0. The Morgan fingerprint density at radius 1 is 0.769 bits per heavy atom. The summed E-state index contributed by atoms with van der Waals surface area (Å²) >= 11 is 0. The van der Waals surface area contributed by atoms with Gasteiger partial charge in [-0.05, 0) is 35.7 Å². The van der Waals surface area contributed by atoms with E-state index in [1.54, 1.807) is 30.5 Å². The van der Waals surface area contributed by atoms with E-state index in [2.05, 4.69) is 35.6 Å². The van der Waals surface area contributed by atoms with E-state index in [9.17, 15) is 18.0 Å². The first-order valence-corrected chi connectivity index (χ1v) is 13.2. The number of carbonyl (C=O) groups is 2. The summed E-state index contributed by atoms with van der Waals surface area (Å²) in [5, 5.41) is 6.96. The topological polar surface area (TPSA) is 163 Å². The highest BCUT2D eigenvalue weighted by molar-refractivity contribution is 7.91. The van der Waals surface area contributed by atoms with Crippen LogP contribution in [0.15, 0.2) is 101 Å². The number of benzene rings is 3. The molecule has 0 saturated heterocycles. The van der Waals surface area contributed by atoms with Crippen molar-refractivity contribution < 1.29 is 18.0 Å². The van der Waals surface area contributed by atoms with Crippen molar-refractivity contribution in [3.05, 3.63) is 103 Å². The lowest BCUT2D eigenvalue weighted by atomic mass is 10.1. The third-order valence-electron chi connectivity index (χ3n) is 5.99. The fourth-order valence-corrected chi connectivity index (χ4v) is 5.44. The van der Waals surface area contributed by atoms with Crippen LogP contribution in [-0.2, 0) is 9.84 Å². The lowest BCUT2D eigenvalue weighted by Crippen LogP contribution is -2.15. The molecule has 0 atom stereocenters. The molecular weight excluding hydrogens is 518 g/mol. The number of aromatic amines is 2. The van der Waals surface area contributed by atoms with Crippen molar-refractivity contribution in [3.63, 3.8) is 0 Å². The monoisotopic (exact) mass is 537 g/mol. The molecule has 0 saturated carbocycles. The predicted molar refractivity (Wildman–Crippen MR) is 144 cm³/mol. The van der Waals surface area contributed by atoms with Crippen LogP contribution in [0.25, 0.3) is 21.8 Å². The molecule has 0 aliphatic heterocycles. The van der Waals surface area contributed by atoms with E-state index < -0.39 is 21.7 Å². The highest BCUT2D eigenvalue weighted by Gasteiger charge is 2.24. The Kier molecular flexibility index (Phi) is 5.85. The minimum absolute atomic E-state index is 0.0197. The van der Waals surface area contributed by atoms with Crippen molar-refractivity contribution in [2.75, 3.05) is 10.6 Å². The molecule has 12 heteroatoms. The van der Waals surface area contributed by atoms with Crippen molar-refractivity contribution >= 4 is 55.4 Å². The number of anilines is 2. The normalized spacial score (nSPS) is 11.5. The fourth-order valence-electron chi connectivity index (χ4n) is 4.10. The van der Waals surface area contributed by atoms with Gasteiger partial charge in [0.25, 0.3) is 11.8 Å². The van der Waals surface area contributed by atoms with Gasteiger partial charge in [-0.3, -0.25) is 25.2 Å². The van der Waals surface area contributed by atoms with Gasteiger partial charge in [0.2, 0.25) is 21.7 Å². The van der Waals surface area contributed by atoms with Crippen LogP contribution in [0, 0.1) is 0 Å². The van der Waals surface area contributed by atoms with Crippen molar-refractivity contribution in [2.45, 2.75) is 9.79 Å². The first-order chi connectivity index (χ1) is 18.9. The second-order valence-electron chi connectivity index (χ2n) is 8.53. The average molecular weight is 538 g/mol. The van der Waals surface area contributed by atoms with Gasteiger partial charge in [0.1, 0.15) is 11.2 Å². The van der Waals surface area contributed by atoms with E-state index in [1.165, 1.54) is 36.7 Å². The zero-order chi connectivity index (χ0) is 27.0. The number of nitrogens with one attached hydrogen (secondary N) is 4. The molecule has 0 spiro atoms. The molecule has 3 heterocycles. The minimum Gasteiger partial charge on any atom is -0.331 e. The molecule has 0 unspecified atom stereocenters. The molecule has 0 fully saturated rings. The molecule has 0 aliphatic carbocycles. The van der Waals surface area contributed by atoms with Gasteiger partial charge in [0.15, 0.2) is 0 Å². The van der Waals surface area contributed by atoms with Crippen LogP contribution < -0.4 is 10.6 Å². The maximum Gasteiger partial charge on any atom is 0.276 e. The third-order valence-corrected chi connectivity index (χ3v) is 7.74. The van der Waals surface area contributed by atoms with Crippen LogP contribution in [0.4, 0.5) is 11.9 Å². The summed E-state index contributed by atoms with van der Waals surface area (Å²) in [7, 11) is -3.97. The van der Waals surface area contributed by atoms with Crippen molar-refractivity contribution in [1.82, 2.24) is 24.9 Å². The maximum absolute atomic E-state index is 13.4. The molecular formula is C27H19N7O4S.